The van der Waals surface area contributed by atoms with Gasteiger partial charge in [0.25, 0.3) is 0 Å². The van der Waals surface area contributed by atoms with E-state index in [0.717, 1.165) is 13.1 Å². The number of piperidine rings is 1. The Kier molecular flexibility index (Phi) is 4.00. The Morgan fingerprint density at radius 3 is 2.71 bits per heavy atom. The van der Waals surface area contributed by atoms with Crippen molar-refractivity contribution >= 4 is 17.3 Å². The molecule has 1 aliphatic heterocycles. The van der Waals surface area contributed by atoms with E-state index in [1.54, 1.807) is 18.2 Å². The zero-order valence-corrected chi connectivity index (χ0v) is 10.3. The van der Waals surface area contributed by atoms with Gasteiger partial charge in [0.05, 0.1) is 5.56 Å². The predicted molar refractivity (Wildman–Crippen MR) is 69.3 cm³/mol. The van der Waals surface area contributed by atoms with Gasteiger partial charge in [-0.05, 0) is 37.5 Å². The van der Waals surface area contributed by atoms with Crippen molar-refractivity contribution in [2.24, 2.45) is 10.3 Å². The summed E-state index contributed by atoms with van der Waals surface area (Å²) in [5.74, 6) is 2.57. The van der Waals surface area contributed by atoms with Crippen molar-refractivity contribution < 1.29 is 0 Å². The van der Waals surface area contributed by atoms with Crippen LogP contribution >= 0.6 is 11.6 Å². The van der Waals surface area contributed by atoms with Gasteiger partial charge in [-0.15, -0.1) is 11.5 Å². The van der Waals surface area contributed by atoms with Crippen molar-refractivity contribution in [2.75, 3.05) is 13.1 Å². The monoisotopic (exact) mass is 247 g/mol. The Hall–Kier alpha value is -1.53. The van der Waals surface area contributed by atoms with Crippen molar-refractivity contribution in [2.45, 2.75) is 19.3 Å². The molecule has 2 rings (SSSR count). The van der Waals surface area contributed by atoms with E-state index in [0.29, 0.717) is 16.3 Å². The molecule has 0 radical (unpaired) electrons. The van der Waals surface area contributed by atoms with Crippen LogP contribution in [0.2, 0.25) is 5.02 Å². The highest BCUT2D eigenvalue weighted by atomic mass is 35.5. The third kappa shape index (κ3) is 3.21. The highest BCUT2D eigenvalue weighted by Gasteiger charge is 2.07. The molecule has 1 aliphatic rings. The second kappa shape index (κ2) is 5.70. The van der Waals surface area contributed by atoms with Gasteiger partial charge >= 0.3 is 0 Å². The molecule has 0 N–H and O–H groups in total. The summed E-state index contributed by atoms with van der Waals surface area (Å²) in [7, 11) is 0. The second-order valence-corrected chi connectivity index (χ2v) is 4.45. The molecule has 88 valence electrons. The van der Waals surface area contributed by atoms with Crippen LogP contribution in [0.3, 0.4) is 0 Å². The number of terminal acetylenes is 1. The topological polar surface area (TPSA) is 28.0 Å². The van der Waals surface area contributed by atoms with Crippen LogP contribution < -0.4 is 0 Å². The van der Waals surface area contributed by atoms with Gasteiger partial charge in [-0.1, -0.05) is 22.7 Å². The number of hydrogen-bond donors (Lipinski definition) is 0. The molecule has 1 fully saturated rings. The molecule has 0 spiro atoms. The van der Waals surface area contributed by atoms with Crippen LogP contribution in [0.5, 0.6) is 0 Å². The summed E-state index contributed by atoms with van der Waals surface area (Å²) in [6.07, 6.45) is 9.05. The van der Waals surface area contributed by atoms with Crippen molar-refractivity contribution in [1.29, 1.82) is 0 Å². The third-order valence-corrected chi connectivity index (χ3v) is 2.96. The summed E-state index contributed by atoms with van der Waals surface area (Å²) in [5.41, 5.74) is 1.38. The van der Waals surface area contributed by atoms with E-state index in [2.05, 4.69) is 16.3 Å². The van der Waals surface area contributed by atoms with Crippen molar-refractivity contribution in [3.05, 3.63) is 28.8 Å². The molecule has 0 unspecified atom stereocenters. The lowest BCUT2D eigenvalue weighted by Gasteiger charge is -2.21. The van der Waals surface area contributed by atoms with Crippen molar-refractivity contribution in [1.82, 2.24) is 5.01 Å². The Morgan fingerprint density at radius 2 is 2.00 bits per heavy atom. The number of halogens is 1. The number of hydrogen-bond acceptors (Lipinski definition) is 2. The smallest absolute Gasteiger partial charge is 0.103 e. The normalized spacial score (nSPS) is 16.1. The molecule has 0 atom stereocenters. The maximum absolute atomic E-state index is 5.87. The molecule has 0 saturated carbocycles. The van der Waals surface area contributed by atoms with E-state index in [9.17, 15) is 0 Å². The molecular formula is C13H14ClN3. The lowest BCUT2D eigenvalue weighted by atomic mass is 10.2. The second-order valence-electron chi connectivity index (χ2n) is 4.01. The molecule has 3 nitrogen and oxygen atoms in total. The minimum atomic E-state index is 0.620. The maximum atomic E-state index is 5.87. The van der Waals surface area contributed by atoms with E-state index in [1.807, 2.05) is 5.01 Å². The molecule has 0 aromatic heterocycles. The van der Waals surface area contributed by atoms with Crippen LogP contribution in [0, 0.1) is 12.3 Å². The molecule has 17 heavy (non-hydrogen) atoms. The number of rotatable bonds is 2. The Bertz CT molecular complexity index is 456. The fraction of sp³-hybridized carbons (Fsp3) is 0.385. The highest BCUT2D eigenvalue weighted by molar-refractivity contribution is 6.30. The van der Waals surface area contributed by atoms with Crippen LogP contribution in [0.1, 0.15) is 24.8 Å². The van der Waals surface area contributed by atoms with E-state index >= 15 is 0 Å². The van der Waals surface area contributed by atoms with Gasteiger partial charge in [0, 0.05) is 18.1 Å². The first-order valence-electron chi connectivity index (χ1n) is 5.72. The van der Waals surface area contributed by atoms with Gasteiger partial charge in [0.15, 0.2) is 0 Å². The molecule has 1 aromatic rings. The largest absolute Gasteiger partial charge is 0.278 e. The molecule has 1 saturated heterocycles. The standard InChI is InChI=1S/C13H14ClN3/c1-2-11-10-12(14)6-7-13(11)15-16-17-8-4-3-5-9-17/h1,6-7,10H,3-5,8-9H2. The van der Waals surface area contributed by atoms with Crippen LogP contribution in [0.15, 0.2) is 28.5 Å². The van der Waals surface area contributed by atoms with Gasteiger partial charge in [-0.2, -0.15) is 0 Å². The van der Waals surface area contributed by atoms with E-state index in [-0.39, 0.29) is 0 Å². The summed E-state index contributed by atoms with van der Waals surface area (Å²) in [4.78, 5) is 0. The average molecular weight is 248 g/mol. The maximum Gasteiger partial charge on any atom is 0.103 e. The Morgan fingerprint density at radius 1 is 1.24 bits per heavy atom. The minimum absolute atomic E-state index is 0.620. The zero-order valence-electron chi connectivity index (χ0n) is 9.56. The van der Waals surface area contributed by atoms with Crippen LogP contribution in [0.25, 0.3) is 0 Å². The van der Waals surface area contributed by atoms with Gasteiger partial charge in [-0.25, -0.2) is 0 Å². The van der Waals surface area contributed by atoms with Crippen molar-refractivity contribution in [3.63, 3.8) is 0 Å². The Balaban J connectivity index is 2.12. The van der Waals surface area contributed by atoms with E-state index in [4.69, 9.17) is 18.0 Å². The average Bonchev–Trinajstić information content (AvgIpc) is 2.38. The third-order valence-electron chi connectivity index (χ3n) is 2.73. The molecule has 0 amide bonds. The van der Waals surface area contributed by atoms with Gasteiger partial charge in [0.1, 0.15) is 5.69 Å². The summed E-state index contributed by atoms with van der Waals surface area (Å²) in [5, 5.41) is 11.0. The van der Waals surface area contributed by atoms with Gasteiger partial charge in [-0.3, -0.25) is 5.01 Å². The summed E-state index contributed by atoms with van der Waals surface area (Å²) < 4.78 is 0. The first-order valence-corrected chi connectivity index (χ1v) is 6.10. The highest BCUT2D eigenvalue weighted by Crippen LogP contribution is 2.23. The van der Waals surface area contributed by atoms with E-state index in [1.165, 1.54) is 19.3 Å². The summed E-state index contributed by atoms with van der Waals surface area (Å²) >= 11 is 5.87. The molecule has 0 bridgehead atoms. The van der Waals surface area contributed by atoms with Gasteiger partial charge in [0.2, 0.25) is 0 Å². The lowest BCUT2D eigenvalue weighted by molar-refractivity contribution is 0.224. The fourth-order valence-electron chi connectivity index (χ4n) is 1.79. The SMILES string of the molecule is C#Cc1cc(Cl)ccc1N=NN1CCCCC1. The first kappa shape index (κ1) is 11.9. The van der Waals surface area contributed by atoms with E-state index < -0.39 is 0 Å². The molecule has 1 heterocycles. The van der Waals surface area contributed by atoms with Crippen LogP contribution in [0.4, 0.5) is 5.69 Å². The molecule has 0 aliphatic carbocycles. The van der Waals surface area contributed by atoms with Crippen LogP contribution in [-0.4, -0.2) is 18.1 Å². The molecule has 1 aromatic carbocycles. The molecular weight excluding hydrogens is 234 g/mol. The van der Waals surface area contributed by atoms with Crippen LogP contribution in [-0.2, 0) is 0 Å². The number of benzene rings is 1. The minimum Gasteiger partial charge on any atom is -0.278 e. The summed E-state index contributed by atoms with van der Waals surface area (Å²) in [6, 6.07) is 5.30. The predicted octanol–water partition coefficient (Wildman–Crippen LogP) is 3.81. The quantitative estimate of drug-likeness (QED) is 0.577. The lowest BCUT2D eigenvalue weighted by Crippen LogP contribution is -2.23. The molecule has 4 heteroatoms. The Labute approximate surface area is 106 Å². The zero-order chi connectivity index (χ0) is 12.1. The van der Waals surface area contributed by atoms with Crippen molar-refractivity contribution in [3.8, 4) is 12.3 Å². The number of nitrogens with zero attached hydrogens (tertiary/aromatic N) is 3. The summed E-state index contributed by atoms with van der Waals surface area (Å²) in [6.45, 7) is 1.95. The fourth-order valence-corrected chi connectivity index (χ4v) is 1.96. The van der Waals surface area contributed by atoms with Gasteiger partial charge < -0.3 is 0 Å². The first-order chi connectivity index (χ1) is 8.29.